The number of rotatable bonds is 5. The van der Waals surface area contributed by atoms with Gasteiger partial charge in [-0.15, -0.1) is 0 Å². The Morgan fingerprint density at radius 1 is 1.25 bits per heavy atom. The van der Waals surface area contributed by atoms with E-state index in [-0.39, 0.29) is 5.97 Å². The smallest absolute Gasteiger partial charge is 0.404 e. The quantitative estimate of drug-likeness (QED) is 0.446. The largest absolute Gasteiger partial charge is 0.462 e. The molecule has 0 heterocycles. The Bertz CT molecular complexity index is 226. The molecule has 0 aliphatic rings. The van der Waals surface area contributed by atoms with Gasteiger partial charge >= 0.3 is 12.1 Å². The normalized spacial score (nSPS) is 8.44. The lowest BCUT2D eigenvalue weighted by molar-refractivity contribution is -0.139. The molecule has 5 nitrogen and oxygen atoms in total. The average molecular weight is 231 g/mol. The predicted molar refractivity (Wildman–Crippen MR) is 61.9 cm³/mol. The van der Waals surface area contributed by atoms with Gasteiger partial charge in [0.25, 0.3) is 0 Å². The minimum absolute atomic E-state index is 0.284. The van der Waals surface area contributed by atoms with Crippen molar-refractivity contribution in [3.63, 3.8) is 0 Å². The minimum Gasteiger partial charge on any atom is -0.462 e. The highest BCUT2D eigenvalue weighted by Gasteiger charge is 2.00. The van der Waals surface area contributed by atoms with Crippen molar-refractivity contribution in [2.24, 2.45) is 5.73 Å². The Morgan fingerprint density at radius 3 is 2.06 bits per heavy atom. The van der Waals surface area contributed by atoms with Crippen LogP contribution in [0.1, 0.15) is 33.6 Å². The van der Waals surface area contributed by atoms with Crippen molar-refractivity contribution < 1.29 is 19.1 Å². The van der Waals surface area contributed by atoms with E-state index in [4.69, 9.17) is 4.74 Å². The van der Waals surface area contributed by atoms with Crippen LogP contribution in [0.2, 0.25) is 0 Å². The molecule has 0 aromatic rings. The van der Waals surface area contributed by atoms with Gasteiger partial charge in [-0.2, -0.15) is 0 Å². The molecular formula is C11H21NO4. The van der Waals surface area contributed by atoms with Crippen LogP contribution in [0.15, 0.2) is 12.2 Å². The Morgan fingerprint density at radius 2 is 1.81 bits per heavy atom. The first-order valence-electron chi connectivity index (χ1n) is 5.20. The van der Waals surface area contributed by atoms with E-state index in [0.29, 0.717) is 18.8 Å². The zero-order valence-electron chi connectivity index (χ0n) is 10.2. The fraction of sp³-hybridized carbons (Fsp3) is 0.636. The molecule has 94 valence electrons. The van der Waals surface area contributed by atoms with E-state index in [2.05, 4.69) is 24.0 Å². The van der Waals surface area contributed by atoms with E-state index in [0.717, 1.165) is 12.8 Å². The Balaban J connectivity index is 0. The fourth-order valence-corrected chi connectivity index (χ4v) is 0.575. The maximum absolute atomic E-state index is 10.7. The molecule has 0 radical (unpaired) electrons. The van der Waals surface area contributed by atoms with Crippen LogP contribution in [-0.4, -0.2) is 25.3 Å². The van der Waals surface area contributed by atoms with Gasteiger partial charge in [0, 0.05) is 5.57 Å². The number of esters is 1. The Labute approximate surface area is 96.6 Å². The van der Waals surface area contributed by atoms with Gasteiger partial charge in [0.05, 0.1) is 13.2 Å². The van der Waals surface area contributed by atoms with Crippen LogP contribution in [0.25, 0.3) is 0 Å². The van der Waals surface area contributed by atoms with Gasteiger partial charge < -0.3 is 15.2 Å². The summed E-state index contributed by atoms with van der Waals surface area (Å²) in [6.45, 7) is 9.73. The van der Waals surface area contributed by atoms with Gasteiger partial charge in [-0.05, 0) is 20.3 Å². The maximum Gasteiger partial charge on any atom is 0.404 e. The lowest BCUT2D eigenvalue weighted by Crippen LogP contribution is -2.11. The van der Waals surface area contributed by atoms with Gasteiger partial charge in [0.1, 0.15) is 0 Å². The zero-order valence-corrected chi connectivity index (χ0v) is 10.2. The van der Waals surface area contributed by atoms with Crippen molar-refractivity contribution in [3.8, 4) is 0 Å². The summed E-state index contributed by atoms with van der Waals surface area (Å²) in [5.74, 6) is -0.284. The minimum atomic E-state index is -0.711. The highest BCUT2D eigenvalue weighted by Crippen LogP contribution is 1.94. The molecule has 16 heavy (non-hydrogen) atoms. The van der Waals surface area contributed by atoms with Crippen LogP contribution in [0.5, 0.6) is 0 Å². The molecule has 0 atom stereocenters. The van der Waals surface area contributed by atoms with E-state index in [1.807, 2.05) is 0 Å². The van der Waals surface area contributed by atoms with E-state index < -0.39 is 6.09 Å². The van der Waals surface area contributed by atoms with Crippen LogP contribution >= 0.6 is 0 Å². The summed E-state index contributed by atoms with van der Waals surface area (Å²) in [6, 6.07) is 0. The van der Waals surface area contributed by atoms with Crippen molar-refractivity contribution in [3.05, 3.63) is 12.2 Å². The first-order valence-corrected chi connectivity index (χ1v) is 5.20. The van der Waals surface area contributed by atoms with Crippen LogP contribution in [-0.2, 0) is 14.3 Å². The molecule has 5 heteroatoms. The van der Waals surface area contributed by atoms with Crippen molar-refractivity contribution in [1.29, 1.82) is 0 Å². The molecule has 2 N–H and O–H groups in total. The lowest BCUT2D eigenvalue weighted by atomic mass is 10.3. The van der Waals surface area contributed by atoms with Gasteiger partial charge in [0.2, 0.25) is 0 Å². The molecule has 0 aromatic carbocycles. The summed E-state index contributed by atoms with van der Waals surface area (Å²) < 4.78 is 8.99. The molecule has 0 spiro atoms. The van der Waals surface area contributed by atoms with Gasteiger partial charge in [-0.25, -0.2) is 9.59 Å². The molecular weight excluding hydrogens is 210 g/mol. The molecule has 0 rings (SSSR count). The zero-order chi connectivity index (χ0) is 13.0. The van der Waals surface area contributed by atoms with E-state index >= 15 is 0 Å². The number of hydrogen-bond acceptors (Lipinski definition) is 4. The number of primary amides is 1. The first kappa shape index (κ1) is 16.9. The third-order valence-electron chi connectivity index (χ3n) is 1.37. The average Bonchev–Trinajstić information content (AvgIpc) is 2.18. The fourth-order valence-electron chi connectivity index (χ4n) is 0.575. The standard InChI is InChI=1S/C8H14O2.C3H7NO2/c1-4-5-6-10-8(9)7(2)3;1-2-6-3(4)5/h2,4-6H2,1,3H3;2H2,1H3,(H2,4,5). The second-order valence-electron chi connectivity index (χ2n) is 3.02. The Hall–Kier alpha value is -1.52. The monoisotopic (exact) mass is 231 g/mol. The maximum atomic E-state index is 10.7. The second kappa shape index (κ2) is 11.6. The summed E-state index contributed by atoms with van der Waals surface area (Å²) in [7, 11) is 0. The van der Waals surface area contributed by atoms with Gasteiger partial charge in [-0.1, -0.05) is 19.9 Å². The highest BCUT2D eigenvalue weighted by atomic mass is 16.5. The number of ether oxygens (including phenoxy) is 2. The highest BCUT2D eigenvalue weighted by molar-refractivity contribution is 5.86. The molecule has 0 unspecified atom stereocenters. The summed E-state index contributed by atoms with van der Waals surface area (Å²) >= 11 is 0. The lowest BCUT2D eigenvalue weighted by Gasteiger charge is -2.01. The van der Waals surface area contributed by atoms with Crippen LogP contribution in [0.3, 0.4) is 0 Å². The molecule has 0 bridgehead atoms. The number of amides is 1. The van der Waals surface area contributed by atoms with Crippen molar-refractivity contribution in [2.45, 2.75) is 33.6 Å². The third-order valence-corrected chi connectivity index (χ3v) is 1.37. The molecule has 0 aliphatic carbocycles. The molecule has 0 fully saturated rings. The summed E-state index contributed by atoms with van der Waals surface area (Å²) in [6.07, 6.45) is 1.26. The first-order chi connectivity index (χ1) is 7.45. The Kier molecular flexibility index (Phi) is 12.2. The number of carbonyl (C=O) groups is 2. The van der Waals surface area contributed by atoms with Crippen molar-refractivity contribution in [2.75, 3.05) is 13.2 Å². The third kappa shape index (κ3) is 15.0. The number of nitrogens with two attached hydrogens (primary N) is 1. The van der Waals surface area contributed by atoms with Crippen LogP contribution in [0.4, 0.5) is 4.79 Å². The molecule has 1 amide bonds. The SMILES string of the molecule is C=C(C)C(=O)OCCCC.CCOC(N)=O. The molecule has 0 aromatic heterocycles. The number of unbranched alkanes of at least 4 members (excludes halogenated alkanes) is 1. The molecule has 0 aliphatic heterocycles. The van der Waals surface area contributed by atoms with Gasteiger partial charge in [0.15, 0.2) is 0 Å². The van der Waals surface area contributed by atoms with E-state index in [9.17, 15) is 9.59 Å². The predicted octanol–water partition coefficient (Wildman–Crippen LogP) is 2.01. The molecule has 0 saturated carbocycles. The van der Waals surface area contributed by atoms with Crippen LogP contribution < -0.4 is 5.73 Å². The second-order valence-corrected chi connectivity index (χ2v) is 3.02. The van der Waals surface area contributed by atoms with Crippen molar-refractivity contribution in [1.82, 2.24) is 0 Å². The van der Waals surface area contributed by atoms with E-state index in [1.165, 1.54) is 0 Å². The summed E-state index contributed by atoms with van der Waals surface area (Å²) in [4.78, 5) is 20.3. The summed E-state index contributed by atoms with van der Waals surface area (Å²) in [5.41, 5.74) is 5.01. The van der Waals surface area contributed by atoms with Crippen LogP contribution in [0, 0.1) is 0 Å². The number of carbonyl (C=O) groups excluding carboxylic acids is 2. The van der Waals surface area contributed by atoms with E-state index in [1.54, 1.807) is 13.8 Å². The van der Waals surface area contributed by atoms with Crippen molar-refractivity contribution >= 4 is 12.1 Å². The number of hydrogen-bond donors (Lipinski definition) is 1. The summed E-state index contributed by atoms with van der Waals surface area (Å²) in [5, 5.41) is 0. The van der Waals surface area contributed by atoms with Gasteiger partial charge in [-0.3, -0.25) is 0 Å². The topological polar surface area (TPSA) is 78.6 Å². The molecule has 0 saturated heterocycles.